The Balaban J connectivity index is 1.83. The van der Waals surface area contributed by atoms with E-state index in [1.165, 1.54) is 10.4 Å². The topological polar surface area (TPSA) is 43.8 Å². The molecule has 5 heteroatoms. The number of carboxylic acids is 1. The van der Waals surface area contributed by atoms with Crippen LogP contribution in [-0.2, 0) is 4.79 Å². The highest BCUT2D eigenvalue weighted by atomic mass is 32.1. The molecule has 0 spiro atoms. The zero-order chi connectivity index (χ0) is 13.8. The normalized spacial score (nSPS) is 19.5. The first-order chi connectivity index (χ1) is 9.08. The van der Waals surface area contributed by atoms with Crippen molar-refractivity contribution >= 4 is 17.3 Å². The number of hydrogen-bond acceptors (Lipinski definition) is 4. The van der Waals surface area contributed by atoms with Crippen molar-refractivity contribution in [3.8, 4) is 0 Å². The van der Waals surface area contributed by atoms with E-state index in [1.807, 2.05) is 11.3 Å². The molecule has 19 heavy (non-hydrogen) atoms. The molecule has 0 amide bonds. The molecule has 1 saturated heterocycles. The van der Waals surface area contributed by atoms with E-state index in [0.29, 0.717) is 12.6 Å². The van der Waals surface area contributed by atoms with Crippen molar-refractivity contribution < 1.29 is 9.90 Å². The Labute approximate surface area is 118 Å². The third-order valence-corrected chi connectivity index (χ3v) is 5.07. The molecule has 1 aromatic rings. The van der Waals surface area contributed by atoms with E-state index in [-0.39, 0.29) is 6.42 Å². The summed E-state index contributed by atoms with van der Waals surface area (Å²) in [7, 11) is 0. The van der Waals surface area contributed by atoms with Gasteiger partial charge in [0.25, 0.3) is 0 Å². The van der Waals surface area contributed by atoms with Gasteiger partial charge in [-0.2, -0.15) is 0 Å². The molecule has 1 fully saturated rings. The molecule has 0 aromatic carbocycles. The van der Waals surface area contributed by atoms with Crippen molar-refractivity contribution in [1.82, 2.24) is 9.80 Å². The molecule has 2 rings (SSSR count). The second kappa shape index (κ2) is 6.50. The zero-order valence-corrected chi connectivity index (χ0v) is 12.4. The van der Waals surface area contributed by atoms with Gasteiger partial charge < -0.3 is 10.0 Å². The number of carboxylic acid groups (broad SMARTS) is 1. The Hall–Kier alpha value is -0.910. The largest absolute Gasteiger partial charge is 0.481 e. The number of aryl methyl sites for hydroxylation is 1. The summed E-state index contributed by atoms with van der Waals surface area (Å²) in [4.78, 5) is 16.8. The van der Waals surface area contributed by atoms with Crippen LogP contribution in [0.2, 0.25) is 0 Å². The fraction of sp³-hybridized carbons (Fsp3) is 0.643. The van der Waals surface area contributed by atoms with Gasteiger partial charge in [-0.1, -0.05) is 0 Å². The molecule has 0 aliphatic carbocycles. The first kappa shape index (κ1) is 14.5. The molecule has 0 saturated carbocycles. The Kier molecular flexibility index (Phi) is 4.96. The number of rotatable bonds is 5. The fourth-order valence-electron chi connectivity index (χ4n) is 2.61. The smallest absolute Gasteiger partial charge is 0.304 e. The molecule has 0 radical (unpaired) electrons. The average molecular weight is 282 g/mol. The minimum absolute atomic E-state index is 0.250. The van der Waals surface area contributed by atoms with E-state index in [0.717, 1.165) is 26.2 Å². The molecule has 106 valence electrons. The molecule has 1 aliphatic rings. The lowest BCUT2D eigenvalue weighted by atomic mass is 10.1. The number of hydrogen-bond donors (Lipinski definition) is 1. The SMILES string of the molecule is Cc1ccsc1C(C)N1CCN(CCC(=O)O)CC1. The van der Waals surface area contributed by atoms with Gasteiger partial charge in [0, 0.05) is 43.6 Å². The summed E-state index contributed by atoms with van der Waals surface area (Å²) in [6.07, 6.45) is 0.250. The zero-order valence-electron chi connectivity index (χ0n) is 11.6. The lowest BCUT2D eigenvalue weighted by molar-refractivity contribution is -0.137. The summed E-state index contributed by atoms with van der Waals surface area (Å²) >= 11 is 1.83. The Morgan fingerprint density at radius 2 is 2.11 bits per heavy atom. The molecule has 0 bridgehead atoms. The van der Waals surface area contributed by atoms with Crippen LogP contribution in [0, 0.1) is 6.92 Å². The second-order valence-electron chi connectivity index (χ2n) is 5.17. The lowest BCUT2D eigenvalue weighted by Crippen LogP contribution is -2.47. The Morgan fingerprint density at radius 1 is 1.42 bits per heavy atom. The van der Waals surface area contributed by atoms with Crippen molar-refractivity contribution in [2.45, 2.75) is 26.3 Å². The molecular formula is C14H22N2O2S. The van der Waals surface area contributed by atoms with Crippen LogP contribution in [0.3, 0.4) is 0 Å². The van der Waals surface area contributed by atoms with Gasteiger partial charge in [0.15, 0.2) is 0 Å². The minimum Gasteiger partial charge on any atom is -0.481 e. The molecule has 1 aliphatic heterocycles. The van der Waals surface area contributed by atoms with Gasteiger partial charge in [-0.15, -0.1) is 11.3 Å². The van der Waals surface area contributed by atoms with Gasteiger partial charge in [-0.25, -0.2) is 0 Å². The lowest BCUT2D eigenvalue weighted by Gasteiger charge is -2.37. The first-order valence-corrected chi connectivity index (χ1v) is 7.68. The van der Waals surface area contributed by atoms with E-state index in [1.54, 1.807) is 0 Å². The van der Waals surface area contributed by atoms with Gasteiger partial charge in [-0.3, -0.25) is 9.69 Å². The van der Waals surface area contributed by atoms with Crippen molar-refractivity contribution in [2.75, 3.05) is 32.7 Å². The van der Waals surface area contributed by atoms with Crippen LogP contribution in [0.25, 0.3) is 0 Å². The van der Waals surface area contributed by atoms with Gasteiger partial charge >= 0.3 is 5.97 Å². The van der Waals surface area contributed by atoms with Crippen LogP contribution in [0.15, 0.2) is 11.4 Å². The van der Waals surface area contributed by atoms with Crippen LogP contribution in [0.1, 0.15) is 29.8 Å². The van der Waals surface area contributed by atoms with Crippen LogP contribution in [0.5, 0.6) is 0 Å². The molecule has 1 N–H and O–H groups in total. The number of thiophene rings is 1. The monoisotopic (exact) mass is 282 g/mol. The Bertz CT molecular complexity index is 425. The summed E-state index contributed by atoms with van der Waals surface area (Å²) in [5.41, 5.74) is 1.38. The highest BCUT2D eigenvalue weighted by molar-refractivity contribution is 7.10. The summed E-state index contributed by atoms with van der Waals surface area (Å²) in [6.45, 7) is 9.12. The molecule has 2 heterocycles. The standard InChI is InChI=1S/C14H22N2O2S/c1-11-4-10-19-14(11)12(2)16-8-6-15(7-9-16)5-3-13(17)18/h4,10,12H,3,5-9H2,1-2H3,(H,17,18). The van der Waals surface area contributed by atoms with E-state index < -0.39 is 5.97 Å². The van der Waals surface area contributed by atoms with Gasteiger partial charge in [0.1, 0.15) is 0 Å². The van der Waals surface area contributed by atoms with Gasteiger partial charge in [-0.05, 0) is 30.9 Å². The summed E-state index contributed by atoms with van der Waals surface area (Å²) < 4.78 is 0. The average Bonchev–Trinajstić information content (AvgIpc) is 2.82. The number of nitrogens with zero attached hydrogens (tertiary/aromatic N) is 2. The maximum Gasteiger partial charge on any atom is 0.304 e. The number of aliphatic carboxylic acids is 1. The highest BCUT2D eigenvalue weighted by Crippen LogP contribution is 2.28. The van der Waals surface area contributed by atoms with Gasteiger partial charge in [0.05, 0.1) is 6.42 Å². The molecular weight excluding hydrogens is 260 g/mol. The summed E-state index contributed by atoms with van der Waals surface area (Å²) in [6, 6.07) is 2.65. The van der Waals surface area contributed by atoms with Crippen molar-refractivity contribution in [3.05, 3.63) is 21.9 Å². The van der Waals surface area contributed by atoms with Crippen molar-refractivity contribution in [2.24, 2.45) is 0 Å². The maximum atomic E-state index is 10.6. The van der Waals surface area contributed by atoms with Crippen LogP contribution >= 0.6 is 11.3 Å². The molecule has 1 atom stereocenters. The van der Waals surface area contributed by atoms with Crippen LogP contribution in [0.4, 0.5) is 0 Å². The van der Waals surface area contributed by atoms with E-state index in [4.69, 9.17) is 5.11 Å². The van der Waals surface area contributed by atoms with Crippen LogP contribution < -0.4 is 0 Å². The summed E-state index contributed by atoms with van der Waals surface area (Å²) in [5.74, 6) is -0.704. The minimum atomic E-state index is -0.704. The molecule has 1 unspecified atom stereocenters. The van der Waals surface area contributed by atoms with E-state index in [2.05, 4.69) is 35.1 Å². The van der Waals surface area contributed by atoms with E-state index >= 15 is 0 Å². The van der Waals surface area contributed by atoms with Gasteiger partial charge in [0.2, 0.25) is 0 Å². The van der Waals surface area contributed by atoms with Crippen molar-refractivity contribution in [3.63, 3.8) is 0 Å². The fourth-order valence-corrected chi connectivity index (χ4v) is 3.62. The highest BCUT2D eigenvalue weighted by Gasteiger charge is 2.23. The van der Waals surface area contributed by atoms with E-state index in [9.17, 15) is 4.79 Å². The third kappa shape index (κ3) is 3.78. The first-order valence-electron chi connectivity index (χ1n) is 6.80. The molecule has 4 nitrogen and oxygen atoms in total. The number of carbonyl (C=O) groups is 1. The van der Waals surface area contributed by atoms with Crippen molar-refractivity contribution in [1.29, 1.82) is 0 Å². The predicted octanol–water partition coefficient (Wildman–Crippen LogP) is 2.21. The quantitative estimate of drug-likeness (QED) is 0.899. The predicted molar refractivity (Wildman–Crippen MR) is 77.7 cm³/mol. The maximum absolute atomic E-state index is 10.6. The summed E-state index contributed by atoms with van der Waals surface area (Å²) in [5, 5.41) is 10.9. The Morgan fingerprint density at radius 3 is 2.63 bits per heavy atom. The van der Waals surface area contributed by atoms with Crippen LogP contribution in [-0.4, -0.2) is 53.6 Å². The number of piperazine rings is 1. The second-order valence-corrected chi connectivity index (χ2v) is 6.11. The third-order valence-electron chi connectivity index (χ3n) is 3.88. The molecule has 1 aromatic heterocycles.